The Kier molecular flexibility index (Phi) is 2.03. The van der Waals surface area contributed by atoms with E-state index in [1.54, 1.807) is 12.1 Å². The summed E-state index contributed by atoms with van der Waals surface area (Å²) in [5.74, 6) is 0.149. The number of hydrogen-bond acceptors (Lipinski definition) is 1. The van der Waals surface area contributed by atoms with Crippen molar-refractivity contribution in [1.82, 2.24) is 5.32 Å². The molecule has 64 valence electrons. The first-order chi connectivity index (χ1) is 5.77. The summed E-state index contributed by atoms with van der Waals surface area (Å²) < 4.78 is 13.2. The lowest BCUT2D eigenvalue weighted by atomic mass is 9.93. The molecular weight excluding hydrogens is 177 g/mol. The predicted molar refractivity (Wildman–Crippen MR) is 47.0 cm³/mol. The Bertz CT molecular complexity index is 297. The van der Waals surface area contributed by atoms with E-state index in [-0.39, 0.29) is 5.82 Å². The van der Waals surface area contributed by atoms with Gasteiger partial charge in [-0.25, -0.2) is 4.39 Å². The molecule has 1 saturated heterocycles. The van der Waals surface area contributed by atoms with E-state index in [9.17, 15) is 4.39 Å². The fourth-order valence-electron chi connectivity index (χ4n) is 1.34. The maximum absolute atomic E-state index is 13.2. The van der Waals surface area contributed by atoms with Crippen LogP contribution < -0.4 is 5.32 Å². The van der Waals surface area contributed by atoms with E-state index >= 15 is 0 Å². The number of rotatable bonds is 1. The summed E-state index contributed by atoms with van der Waals surface area (Å²) in [6, 6.07) is 4.87. The van der Waals surface area contributed by atoms with Crippen LogP contribution in [0.15, 0.2) is 18.2 Å². The van der Waals surface area contributed by atoms with Crippen molar-refractivity contribution in [3.8, 4) is 0 Å². The summed E-state index contributed by atoms with van der Waals surface area (Å²) >= 11 is 5.63. The first-order valence-electron chi connectivity index (χ1n) is 3.93. The second kappa shape index (κ2) is 3.04. The fourth-order valence-corrected chi connectivity index (χ4v) is 1.50. The van der Waals surface area contributed by atoms with Crippen molar-refractivity contribution in [3.05, 3.63) is 34.6 Å². The monoisotopic (exact) mass is 185 g/mol. The molecule has 0 saturated carbocycles. The van der Waals surface area contributed by atoms with E-state index in [1.807, 2.05) is 0 Å². The summed E-state index contributed by atoms with van der Waals surface area (Å²) in [5.41, 5.74) is 0.776. The molecule has 2 rings (SSSR count). The Morgan fingerprint density at radius 3 is 2.67 bits per heavy atom. The van der Waals surface area contributed by atoms with Gasteiger partial charge in [-0.1, -0.05) is 17.7 Å². The highest BCUT2D eigenvalue weighted by Gasteiger charge is 2.21. The second-order valence-electron chi connectivity index (χ2n) is 3.02. The maximum atomic E-state index is 13.2. The van der Waals surface area contributed by atoms with E-state index in [0.29, 0.717) is 10.9 Å². The van der Waals surface area contributed by atoms with Crippen LogP contribution in [0, 0.1) is 5.82 Å². The summed E-state index contributed by atoms with van der Waals surface area (Å²) in [4.78, 5) is 0. The molecule has 0 aromatic heterocycles. The van der Waals surface area contributed by atoms with Gasteiger partial charge < -0.3 is 5.32 Å². The molecule has 0 radical (unpaired) electrons. The second-order valence-corrected chi connectivity index (χ2v) is 3.46. The quantitative estimate of drug-likeness (QED) is 0.707. The van der Waals surface area contributed by atoms with E-state index in [0.717, 1.165) is 18.7 Å². The fraction of sp³-hybridized carbons (Fsp3) is 0.333. The highest BCUT2D eigenvalue weighted by atomic mass is 35.5. The van der Waals surface area contributed by atoms with Gasteiger partial charge >= 0.3 is 0 Å². The van der Waals surface area contributed by atoms with Gasteiger partial charge in [0.2, 0.25) is 0 Å². The van der Waals surface area contributed by atoms with Crippen LogP contribution in [0.2, 0.25) is 5.02 Å². The molecular formula is C9H9ClFN. The molecule has 0 bridgehead atoms. The van der Waals surface area contributed by atoms with Gasteiger partial charge in [0.1, 0.15) is 5.82 Å². The molecule has 12 heavy (non-hydrogen) atoms. The lowest BCUT2D eigenvalue weighted by Crippen LogP contribution is -2.40. The minimum Gasteiger partial charge on any atom is -0.315 e. The molecule has 3 heteroatoms. The van der Waals surface area contributed by atoms with Crippen molar-refractivity contribution >= 4 is 11.6 Å². The van der Waals surface area contributed by atoms with Crippen LogP contribution in [0.1, 0.15) is 11.5 Å². The van der Waals surface area contributed by atoms with Crippen LogP contribution in [0.4, 0.5) is 4.39 Å². The molecule has 1 heterocycles. The van der Waals surface area contributed by atoms with E-state index in [1.165, 1.54) is 6.07 Å². The molecule has 1 aromatic carbocycles. The van der Waals surface area contributed by atoms with Crippen LogP contribution >= 0.6 is 11.6 Å². The molecule has 1 nitrogen and oxygen atoms in total. The van der Waals surface area contributed by atoms with Gasteiger partial charge in [0.15, 0.2) is 0 Å². The largest absolute Gasteiger partial charge is 0.315 e. The first-order valence-corrected chi connectivity index (χ1v) is 4.31. The minimum absolute atomic E-state index is 0.186. The molecule has 0 unspecified atom stereocenters. The lowest BCUT2D eigenvalue weighted by Gasteiger charge is -2.27. The molecule has 1 aliphatic rings. The van der Waals surface area contributed by atoms with Crippen molar-refractivity contribution < 1.29 is 4.39 Å². The van der Waals surface area contributed by atoms with Gasteiger partial charge in [0.25, 0.3) is 0 Å². The minimum atomic E-state index is -0.186. The van der Waals surface area contributed by atoms with E-state index < -0.39 is 0 Å². The summed E-state index contributed by atoms with van der Waals surface area (Å²) in [6.45, 7) is 1.75. The standard InChI is InChI=1S/C9H9ClFN/c10-7-1-2-8(9(11)3-7)6-4-12-5-6/h1-3,6,12H,4-5H2. The molecule has 1 aliphatic heterocycles. The zero-order valence-corrected chi connectivity index (χ0v) is 7.24. The molecule has 1 N–H and O–H groups in total. The SMILES string of the molecule is Fc1cc(Cl)ccc1C1CNC1. The molecule has 0 amide bonds. The first kappa shape index (κ1) is 8.02. The summed E-state index contributed by atoms with van der Waals surface area (Å²) in [6.07, 6.45) is 0. The normalized spacial score (nSPS) is 17.5. The zero-order valence-electron chi connectivity index (χ0n) is 6.48. The van der Waals surface area contributed by atoms with E-state index in [2.05, 4.69) is 5.32 Å². The smallest absolute Gasteiger partial charge is 0.128 e. The van der Waals surface area contributed by atoms with Crippen molar-refractivity contribution in [2.75, 3.05) is 13.1 Å². The molecule has 1 aromatic rings. The van der Waals surface area contributed by atoms with Crippen molar-refractivity contribution in [3.63, 3.8) is 0 Å². The van der Waals surface area contributed by atoms with Crippen LogP contribution in [0.5, 0.6) is 0 Å². The van der Waals surface area contributed by atoms with Crippen molar-refractivity contribution in [2.45, 2.75) is 5.92 Å². The Labute approximate surface area is 75.5 Å². The molecule has 0 aliphatic carbocycles. The summed E-state index contributed by atoms with van der Waals surface area (Å²) in [7, 11) is 0. The zero-order chi connectivity index (χ0) is 8.55. The average molecular weight is 186 g/mol. The van der Waals surface area contributed by atoms with Crippen LogP contribution in [0.25, 0.3) is 0 Å². The maximum Gasteiger partial charge on any atom is 0.128 e. The number of nitrogens with one attached hydrogen (secondary N) is 1. The lowest BCUT2D eigenvalue weighted by molar-refractivity contribution is 0.431. The van der Waals surface area contributed by atoms with Crippen LogP contribution in [0.3, 0.4) is 0 Å². The van der Waals surface area contributed by atoms with E-state index in [4.69, 9.17) is 11.6 Å². The van der Waals surface area contributed by atoms with Crippen LogP contribution in [-0.4, -0.2) is 13.1 Å². The van der Waals surface area contributed by atoms with Gasteiger partial charge in [0, 0.05) is 24.0 Å². The molecule has 1 fully saturated rings. The van der Waals surface area contributed by atoms with Gasteiger partial charge in [-0.3, -0.25) is 0 Å². The number of benzene rings is 1. The number of hydrogen-bond donors (Lipinski definition) is 1. The van der Waals surface area contributed by atoms with Gasteiger partial charge in [-0.2, -0.15) is 0 Å². The highest BCUT2D eigenvalue weighted by molar-refractivity contribution is 6.30. The Morgan fingerprint density at radius 2 is 2.17 bits per heavy atom. The van der Waals surface area contributed by atoms with Gasteiger partial charge in [-0.05, 0) is 17.7 Å². The Balaban J connectivity index is 2.31. The third-order valence-electron chi connectivity index (χ3n) is 2.18. The highest BCUT2D eigenvalue weighted by Crippen LogP contribution is 2.24. The predicted octanol–water partition coefficient (Wildman–Crippen LogP) is 2.17. The molecule has 0 atom stereocenters. The van der Waals surface area contributed by atoms with Crippen LogP contribution in [-0.2, 0) is 0 Å². The van der Waals surface area contributed by atoms with Crippen molar-refractivity contribution in [2.24, 2.45) is 0 Å². The third-order valence-corrected chi connectivity index (χ3v) is 2.42. The third kappa shape index (κ3) is 1.32. The average Bonchev–Trinajstić information content (AvgIpc) is 1.91. The Hall–Kier alpha value is -0.600. The summed E-state index contributed by atoms with van der Waals surface area (Å²) in [5, 5.41) is 3.56. The molecule has 0 spiro atoms. The van der Waals surface area contributed by atoms with Crippen molar-refractivity contribution in [1.29, 1.82) is 0 Å². The Morgan fingerprint density at radius 1 is 1.42 bits per heavy atom. The van der Waals surface area contributed by atoms with Gasteiger partial charge in [-0.15, -0.1) is 0 Å². The topological polar surface area (TPSA) is 12.0 Å². The van der Waals surface area contributed by atoms with Gasteiger partial charge in [0.05, 0.1) is 0 Å². The number of halogens is 2.